The number of ether oxygens (including phenoxy) is 1. The van der Waals surface area contributed by atoms with Gasteiger partial charge in [-0.05, 0) is 61.1 Å². The number of likely N-dealkylation sites (tertiary alicyclic amines) is 1. The number of phenolic OH excluding ortho intramolecular Hbond substituents is 1. The zero-order valence-corrected chi connectivity index (χ0v) is 25.2. The number of hydrogen-bond donors (Lipinski definition) is 3. The number of phenols is 1. The molecule has 3 aromatic carbocycles. The zero-order valence-electron chi connectivity index (χ0n) is 25.2. The Labute approximate surface area is 264 Å². The molecular formula is C35H32N4O7. The van der Waals surface area contributed by atoms with Gasteiger partial charge in [-0.1, -0.05) is 65.7 Å². The monoisotopic (exact) mass is 620 g/mol. The van der Waals surface area contributed by atoms with Crippen LogP contribution in [0.1, 0.15) is 35.4 Å². The second-order valence-electron chi connectivity index (χ2n) is 12.4. The minimum absolute atomic E-state index is 0.0722. The number of allylic oxidation sites excluding steroid dienone is 2. The van der Waals surface area contributed by atoms with Crippen LogP contribution in [-0.4, -0.2) is 51.8 Å². The summed E-state index contributed by atoms with van der Waals surface area (Å²) in [6.45, 7) is 1.93. The van der Waals surface area contributed by atoms with Gasteiger partial charge in [0.05, 0.1) is 36.0 Å². The molecule has 4 aliphatic rings. The maximum absolute atomic E-state index is 15.0. The van der Waals surface area contributed by atoms with Crippen molar-refractivity contribution in [1.29, 1.82) is 0 Å². The maximum atomic E-state index is 15.0. The number of nitrogens with zero attached hydrogens (tertiary/aromatic N) is 2. The summed E-state index contributed by atoms with van der Waals surface area (Å²) in [5.41, 5.74) is 10.4. The minimum atomic E-state index is -1.48. The topological polar surface area (TPSA) is 159 Å². The lowest BCUT2D eigenvalue weighted by Crippen LogP contribution is -2.53. The van der Waals surface area contributed by atoms with Gasteiger partial charge in [0.15, 0.2) is 11.5 Å². The Morgan fingerprint density at radius 3 is 2.33 bits per heavy atom. The molecule has 0 spiro atoms. The number of carbonyl (C=O) groups is 5. The summed E-state index contributed by atoms with van der Waals surface area (Å²) in [4.78, 5) is 69.2. The van der Waals surface area contributed by atoms with Crippen LogP contribution in [0.3, 0.4) is 0 Å². The highest BCUT2D eigenvalue weighted by Crippen LogP contribution is 2.64. The zero-order chi connectivity index (χ0) is 32.5. The highest BCUT2D eigenvalue weighted by Gasteiger charge is 2.70. The number of urea groups is 1. The average molecular weight is 621 g/mol. The van der Waals surface area contributed by atoms with Crippen LogP contribution in [-0.2, 0) is 24.6 Å². The number of amides is 6. The first-order valence-electron chi connectivity index (χ1n) is 15.1. The van der Waals surface area contributed by atoms with E-state index in [0.717, 1.165) is 10.6 Å². The second-order valence-corrected chi connectivity index (χ2v) is 12.4. The number of aryl methyl sites for hydroxylation is 1. The number of hydrogen-bond acceptors (Lipinski definition) is 8. The predicted molar refractivity (Wildman–Crippen MR) is 165 cm³/mol. The molecule has 3 aromatic rings. The second kappa shape index (κ2) is 10.6. The smallest absolute Gasteiger partial charge is 0.328 e. The van der Waals surface area contributed by atoms with Gasteiger partial charge < -0.3 is 15.6 Å². The first-order chi connectivity index (χ1) is 22.1. The number of hydrazine groups is 1. The van der Waals surface area contributed by atoms with Gasteiger partial charge in [-0.3, -0.25) is 24.6 Å². The molecule has 2 aliphatic carbocycles. The molecule has 7 rings (SSSR count). The summed E-state index contributed by atoms with van der Waals surface area (Å²) < 4.78 is 5.30. The van der Waals surface area contributed by atoms with Gasteiger partial charge in [0.2, 0.25) is 11.8 Å². The normalized spacial score (nSPS) is 28.4. The van der Waals surface area contributed by atoms with Crippen LogP contribution in [0, 0.1) is 30.6 Å². The Hall–Kier alpha value is -5.45. The van der Waals surface area contributed by atoms with E-state index in [-0.39, 0.29) is 24.3 Å². The van der Waals surface area contributed by atoms with Gasteiger partial charge in [0.25, 0.3) is 11.8 Å². The number of fused-ring (bicyclic) bond motifs is 4. The van der Waals surface area contributed by atoms with E-state index in [2.05, 4.69) is 5.43 Å². The van der Waals surface area contributed by atoms with Crippen LogP contribution in [0.2, 0.25) is 0 Å². The standard InChI is InChI=1S/C35H32N4O7/c1-18-8-11-21(12-9-18)37-39-31(42)25-17-24-22(13-14-23-28(24)32(43)38(30(23)41)34(36)45)29(19-10-15-27(46-2)26(40)16-19)35(25,33(39)44)20-6-4-3-5-7-20/h3-13,15-16,23-25,28-29,37,40H,14,17H2,1-2H3,(H2,36,45). The Bertz CT molecular complexity index is 1840. The summed E-state index contributed by atoms with van der Waals surface area (Å²) in [6, 6.07) is 20.1. The molecule has 1 saturated carbocycles. The van der Waals surface area contributed by atoms with E-state index in [1.165, 1.54) is 13.2 Å². The molecule has 11 nitrogen and oxygen atoms in total. The van der Waals surface area contributed by atoms with E-state index in [1.54, 1.807) is 36.4 Å². The molecule has 6 amide bonds. The third kappa shape index (κ3) is 4.00. The number of aromatic hydroxyl groups is 1. The number of methoxy groups -OCH3 is 1. The molecule has 6 unspecified atom stereocenters. The molecular weight excluding hydrogens is 588 g/mol. The fraction of sp³-hybridized carbons (Fsp3) is 0.286. The Morgan fingerprint density at radius 1 is 0.957 bits per heavy atom. The molecule has 46 heavy (non-hydrogen) atoms. The lowest BCUT2D eigenvalue weighted by molar-refractivity contribution is -0.139. The van der Waals surface area contributed by atoms with E-state index >= 15 is 4.79 Å². The van der Waals surface area contributed by atoms with Gasteiger partial charge in [-0.25, -0.2) is 4.79 Å². The quantitative estimate of drug-likeness (QED) is 0.287. The van der Waals surface area contributed by atoms with Gasteiger partial charge in [0.1, 0.15) is 0 Å². The molecule has 0 radical (unpaired) electrons. The van der Waals surface area contributed by atoms with Crippen molar-refractivity contribution >= 4 is 35.3 Å². The number of anilines is 1. The van der Waals surface area contributed by atoms with E-state index in [0.29, 0.717) is 27.3 Å². The lowest BCUT2D eigenvalue weighted by atomic mass is 9.49. The molecule has 11 heteroatoms. The maximum Gasteiger partial charge on any atom is 0.328 e. The van der Waals surface area contributed by atoms with Crippen LogP contribution in [0.15, 0.2) is 84.4 Å². The van der Waals surface area contributed by atoms with E-state index in [1.807, 2.05) is 43.3 Å². The van der Waals surface area contributed by atoms with Gasteiger partial charge >= 0.3 is 6.03 Å². The van der Waals surface area contributed by atoms with Gasteiger partial charge in [-0.15, -0.1) is 0 Å². The van der Waals surface area contributed by atoms with Gasteiger partial charge in [0, 0.05) is 5.92 Å². The molecule has 0 bridgehead atoms. The van der Waals surface area contributed by atoms with Crippen molar-refractivity contribution in [2.45, 2.75) is 31.1 Å². The molecule has 3 fully saturated rings. The molecule has 2 aliphatic heterocycles. The largest absolute Gasteiger partial charge is 0.504 e. The Kier molecular flexibility index (Phi) is 6.73. The van der Waals surface area contributed by atoms with Crippen LogP contribution < -0.4 is 15.9 Å². The molecule has 6 atom stereocenters. The van der Waals surface area contributed by atoms with E-state index in [9.17, 15) is 24.3 Å². The SMILES string of the molecule is COc1ccc(C2C3=CCC4C(=O)N(C(N)=O)C(=O)C4C3CC3C(=O)N(Nc4ccc(C)cc4)C(=O)C32c2ccccc2)cc1O. The number of nitrogens with two attached hydrogens (primary N) is 1. The number of rotatable bonds is 5. The third-order valence-corrected chi connectivity index (χ3v) is 10.1. The van der Waals surface area contributed by atoms with Crippen LogP contribution in [0.25, 0.3) is 0 Å². The number of nitrogens with one attached hydrogen (secondary N) is 1. The summed E-state index contributed by atoms with van der Waals surface area (Å²) >= 11 is 0. The first kappa shape index (κ1) is 29.3. The molecule has 2 heterocycles. The van der Waals surface area contributed by atoms with Crippen molar-refractivity contribution in [3.63, 3.8) is 0 Å². The fourth-order valence-corrected chi connectivity index (χ4v) is 8.23. The highest BCUT2D eigenvalue weighted by molar-refractivity contribution is 6.17. The predicted octanol–water partition coefficient (Wildman–Crippen LogP) is 3.77. The first-order valence-corrected chi connectivity index (χ1v) is 15.1. The number of carbonyl (C=O) groups excluding carboxylic acids is 5. The van der Waals surface area contributed by atoms with E-state index in [4.69, 9.17) is 10.5 Å². The molecule has 0 aromatic heterocycles. The summed E-state index contributed by atoms with van der Waals surface area (Å²) in [7, 11) is 1.43. The van der Waals surface area contributed by atoms with Crippen LogP contribution in [0.5, 0.6) is 11.5 Å². The Balaban J connectivity index is 1.46. The van der Waals surface area contributed by atoms with Crippen molar-refractivity contribution in [1.82, 2.24) is 9.91 Å². The lowest BCUT2D eigenvalue weighted by Gasteiger charge is -2.50. The van der Waals surface area contributed by atoms with Crippen molar-refractivity contribution in [3.8, 4) is 11.5 Å². The number of imide groups is 4. The minimum Gasteiger partial charge on any atom is -0.504 e. The Morgan fingerprint density at radius 2 is 1.67 bits per heavy atom. The molecule has 2 saturated heterocycles. The number of benzene rings is 3. The van der Waals surface area contributed by atoms with Crippen molar-refractivity contribution in [2.24, 2.45) is 29.4 Å². The fourth-order valence-electron chi connectivity index (χ4n) is 8.23. The van der Waals surface area contributed by atoms with E-state index < -0.39 is 64.7 Å². The number of primary amides is 1. The highest BCUT2D eigenvalue weighted by atomic mass is 16.5. The molecule has 234 valence electrons. The van der Waals surface area contributed by atoms with Crippen molar-refractivity contribution < 1.29 is 33.8 Å². The van der Waals surface area contributed by atoms with Crippen molar-refractivity contribution in [2.75, 3.05) is 12.5 Å². The molecule has 4 N–H and O–H groups in total. The van der Waals surface area contributed by atoms with Gasteiger partial charge in [-0.2, -0.15) is 9.91 Å². The average Bonchev–Trinajstić information content (AvgIpc) is 3.43. The summed E-state index contributed by atoms with van der Waals surface area (Å²) in [6.07, 6.45) is 2.08. The van der Waals surface area contributed by atoms with Crippen LogP contribution in [0.4, 0.5) is 10.5 Å². The van der Waals surface area contributed by atoms with Crippen LogP contribution >= 0.6 is 0 Å². The summed E-state index contributed by atoms with van der Waals surface area (Å²) in [5, 5.41) is 12.0. The van der Waals surface area contributed by atoms with Crippen molar-refractivity contribution in [3.05, 3.63) is 101 Å². The third-order valence-electron chi connectivity index (χ3n) is 10.1. The summed E-state index contributed by atoms with van der Waals surface area (Å²) in [5.74, 6) is -6.48.